The van der Waals surface area contributed by atoms with Crippen molar-refractivity contribution in [2.45, 2.75) is 51.2 Å². The van der Waals surface area contributed by atoms with Crippen molar-refractivity contribution in [2.75, 3.05) is 7.11 Å². The molecule has 5 nitrogen and oxygen atoms in total. The second-order valence-electron chi connectivity index (χ2n) is 5.23. The highest BCUT2D eigenvalue weighted by atomic mass is 16.5. The van der Waals surface area contributed by atoms with Crippen molar-refractivity contribution in [3.8, 4) is 0 Å². The molecule has 1 aromatic heterocycles. The average molecular weight is 239 g/mol. The first-order chi connectivity index (χ1) is 8.06. The molecule has 1 heterocycles. The topological polar surface area (TPSA) is 74.2 Å². The van der Waals surface area contributed by atoms with Crippen LogP contribution in [-0.4, -0.2) is 22.9 Å². The lowest BCUT2D eigenvalue weighted by Crippen LogP contribution is -2.41. The lowest BCUT2D eigenvalue weighted by Gasteiger charge is -2.39. The smallest absolute Gasteiger partial charge is 0.229 e. The second-order valence-corrected chi connectivity index (χ2v) is 5.23. The maximum absolute atomic E-state index is 5.98. The van der Waals surface area contributed by atoms with Gasteiger partial charge in [0.1, 0.15) is 0 Å². The minimum Gasteiger partial charge on any atom is -0.378 e. The number of hydrogen-bond acceptors (Lipinski definition) is 5. The molecule has 1 fully saturated rings. The Morgan fingerprint density at radius 3 is 2.65 bits per heavy atom. The predicted molar refractivity (Wildman–Crippen MR) is 63.4 cm³/mol. The fourth-order valence-corrected chi connectivity index (χ4v) is 2.07. The van der Waals surface area contributed by atoms with E-state index in [-0.39, 0.29) is 11.6 Å². The van der Waals surface area contributed by atoms with Crippen LogP contribution in [0.4, 0.5) is 0 Å². The molecular weight excluding hydrogens is 218 g/mol. The molecule has 1 aliphatic rings. The van der Waals surface area contributed by atoms with Crippen LogP contribution < -0.4 is 5.73 Å². The molecular formula is C12H21N3O2. The van der Waals surface area contributed by atoms with E-state index in [1.54, 1.807) is 7.11 Å². The Labute approximate surface area is 102 Å². The van der Waals surface area contributed by atoms with Gasteiger partial charge in [-0.15, -0.1) is 0 Å². The Balaban J connectivity index is 2.03. The molecule has 0 amide bonds. The van der Waals surface area contributed by atoms with E-state index in [9.17, 15) is 0 Å². The van der Waals surface area contributed by atoms with Crippen molar-refractivity contribution < 1.29 is 9.26 Å². The summed E-state index contributed by atoms with van der Waals surface area (Å²) in [6, 6.07) is -0.160. The van der Waals surface area contributed by atoms with Gasteiger partial charge in [-0.3, -0.25) is 0 Å². The van der Waals surface area contributed by atoms with Gasteiger partial charge in [0.05, 0.1) is 18.1 Å². The lowest BCUT2D eigenvalue weighted by molar-refractivity contribution is -0.0751. The van der Waals surface area contributed by atoms with Crippen molar-refractivity contribution >= 4 is 0 Å². The van der Waals surface area contributed by atoms with Gasteiger partial charge in [-0.25, -0.2) is 0 Å². The van der Waals surface area contributed by atoms with Gasteiger partial charge in [0.25, 0.3) is 0 Å². The highest BCUT2D eigenvalue weighted by Gasteiger charge is 2.39. The summed E-state index contributed by atoms with van der Waals surface area (Å²) in [6.45, 7) is 4.09. The van der Waals surface area contributed by atoms with Crippen molar-refractivity contribution in [1.29, 1.82) is 0 Å². The van der Waals surface area contributed by atoms with Gasteiger partial charge in [-0.1, -0.05) is 19.0 Å². The molecule has 1 atom stereocenters. The standard InChI is InChI=1S/C12H21N3O2/c1-8(2)10(13)11-14-9(17-15-11)7-12(16-3)5-4-6-12/h8,10H,4-7,13H2,1-3H3. The molecule has 0 aliphatic heterocycles. The third-order valence-corrected chi connectivity index (χ3v) is 3.67. The van der Waals surface area contributed by atoms with E-state index in [1.807, 2.05) is 13.8 Å². The van der Waals surface area contributed by atoms with Crippen LogP contribution in [0.1, 0.15) is 50.9 Å². The summed E-state index contributed by atoms with van der Waals surface area (Å²) in [5.74, 6) is 1.54. The first kappa shape index (κ1) is 12.5. The summed E-state index contributed by atoms with van der Waals surface area (Å²) in [6.07, 6.45) is 4.04. The fourth-order valence-electron chi connectivity index (χ4n) is 2.07. The summed E-state index contributed by atoms with van der Waals surface area (Å²) < 4.78 is 10.8. The molecule has 17 heavy (non-hydrogen) atoms. The highest BCUT2D eigenvalue weighted by Crippen LogP contribution is 2.37. The van der Waals surface area contributed by atoms with Crippen LogP contribution >= 0.6 is 0 Å². The Morgan fingerprint density at radius 1 is 1.47 bits per heavy atom. The maximum atomic E-state index is 5.98. The predicted octanol–water partition coefficient (Wildman–Crippen LogP) is 1.84. The summed E-state index contributed by atoms with van der Waals surface area (Å²) >= 11 is 0. The molecule has 1 aliphatic carbocycles. The minimum absolute atomic E-state index is 0.0776. The van der Waals surface area contributed by atoms with Crippen LogP contribution in [-0.2, 0) is 11.2 Å². The summed E-state index contributed by atoms with van der Waals surface area (Å²) in [5, 5.41) is 3.95. The lowest BCUT2D eigenvalue weighted by atomic mass is 9.77. The van der Waals surface area contributed by atoms with Crippen LogP contribution in [0.5, 0.6) is 0 Å². The molecule has 0 spiro atoms. The van der Waals surface area contributed by atoms with Crippen LogP contribution in [0.15, 0.2) is 4.52 Å². The molecule has 1 saturated carbocycles. The van der Waals surface area contributed by atoms with Crippen LogP contribution in [0, 0.1) is 5.92 Å². The Kier molecular flexibility index (Phi) is 3.49. The molecule has 0 bridgehead atoms. The van der Waals surface area contributed by atoms with Crippen LogP contribution in [0.2, 0.25) is 0 Å². The molecule has 2 N–H and O–H groups in total. The molecule has 0 aromatic carbocycles. The van der Waals surface area contributed by atoms with E-state index in [0.717, 1.165) is 12.8 Å². The van der Waals surface area contributed by atoms with Crippen molar-refractivity contribution in [3.05, 3.63) is 11.7 Å². The van der Waals surface area contributed by atoms with Crippen molar-refractivity contribution in [2.24, 2.45) is 11.7 Å². The molecule has 1 unspecified atom stereocenters. The van der Waals surface area contributed by atoms with Crippen molar-refractivity contribution in [1.82, 2.24) is 10.1 Å². The number of ether oxygens (including phenoxy) is 1. The van der Waals surface area contributed by atoms with E-state index < -0.39 is 0 Å². The van der Waals surface area contributed by atoms with Gasteiger partial charge in [0, 0.05) is 7.11 Å². The third kappa shape index (κ3) is 2.50. The van der Waals surface area contributed by atoms with Crippen LogP contribution in [0.3, 0.4) is 0 Å². The molecule has 1 aromatic rings. The maximum Gasteiger partial charge on any atom is 0.229 e. The first-order valence-electron chi connectivity index (χ1n) is 6.19. The zero-order valence-corrected chi connectivity index (χ0v) is 10.8. The molecule has 2 rings (SSSR count). The zero-order valence-electron chi connectivity index (χ0n) is 10.8. The zero-order chi connectivity index (χ0) is 12.5. The fraction of sp³-hybridized carbons (Fsp3) is 0.833. The number of aromatic nitrogens is 2. The SMILES string of the molecule is COC1(Cc2nc(C(N)C(C)C)no2)CCC1. The van der Waals surface area contributed by atoms with Crippen molar-refractivity contribution in [3.63, 3.8) is 0 Å². The van der Waals surface area contributed by atoms with Gasteiger partial charge in [0.15, 0.2) is 5.82 Å². The second kappa shape index (κ2) is 4.74. The van der Waals surface area contributed by atoms with Gasteiger partial charge in [-0.05, 0) is 25.2 Å². The number of nitrogens with zero attached hydrogens (tertiary/aromatic N) is 2. The molecule has 96 valence electrons. The van der Waals surface area contributed by atoms with E-state index in [4.69, 9.17) is 15.0 Å². The molecule has 5 heteroatoms. The number of rotatable bonds is 5. The number of nitrogens with two attached hydrogens (primary N) is 1. The average Bonchev–Trinajstić information content (AvgIpc) is 2.70. The highest BCUT2D eigenvalue weighted by molar-refractivity contribution is 5.01. The van der Waals surface area contributed by atoms with E-state index >= 15 is 0 Å². The largest absolute Gasteiger partial charge is 0.378 e. The van der Waals surface area contributed by atoms with Gasteiger partial charge >= 0.3 is 0 Å². The van der Waals surface area contributed by atoms with Crippen LogP contribution in [0.25, 0.3) is 0 Å². The Hall–Kier alpha value is -0.940. The first-order valence-corrected chi connectivity index (χ1v) is 6.19. The molecule has 0 saturated heterocycles. The summed E-state index contributed by atoms with van der Waals surface area (Å²) in [7, 11) is 1.75. The summed E-state index contributed by atoms with van der Waals surface area (Å²) in [5.41, 5.74) is 5.90. The Morgan fingerprint density at radius 2 is 2.18 bits per heavy atom. The van der Waals surface area contributed by atoms with Gasteiger partial charge < -0.3 is 15.0 Å². The van der Waals surface area contributed by atoms with Gasteiger partial charge in [-0.2, -0.15) is 4.98 Å². The number of hydrogen-bond donors (Lipinski definition) is 1. The Bertz CT molecular complexity index is 366. The van der Waals surface area contributed by atoms with E-state index in [2.05, 4.69) is 10.1 Å². The number of methoxy groups -OCH3 is 1. The quantitative estimate of drug-likeness (QED) is 0.848. The summed E-state index contributed by atoms with van der Waals surface area (Å²) in [4.78, 5) is 4.36. The van der Waals surface area contributed by atoms with E-state index in [0.29, 0.717) is 24.1 Å². The normalized spacial score (nSPS) is 20.3. The van der Waals surface area contributed by atoms with Gasteiger partial charge in [0.2, 0.25) is 5.89 Å². The molecule has 0 radical (unpaired) electrons. The van der Waals surface area contributed by atoms with E-state index in [1.165, 1.54) is 6.42 Å². The minimum atomic E-state index is -0.160. The monoisotopic (exact) mass is 239 g/mol. The third-order valence-electron chi connectivity index (χ3n) is 3.67.